The van der Waals surface area contributed by atoms with Crippen molar-refractivity contribution in [2.75, 3.05) is 13.2 Å². The molecular weight excluding hydrogens is 1000 g/mol. The first kappa shape index (κ1) is 74.3. The van der Waals surface area contributed by atoms with Crippen LogP contribution in [-0.4, -0.2) is 95.4 Å². The number of carbonyl (C=O) groups excluding carboxylic acids is 1. The molecule has 0 bridgehead atoms. The molecule has 1 aliphatic rings. The van der Waals surface area contributed by atoms with Gasteiger partial charge in [-0.05, 0) is 51.4 Å². The van der Waals surface area contributed by atoms with Crippen LogP contribution in [0.1, 0.15) is 316 Å². The predicted octanol–water partition coefficient (Wildman–Crippen LogP) is 16.5. The predicted molar refractivity (Wildman–Crippen MR) is 324 cm³/mol. The third-order valence-electron chi connectivity index (χ3n) is 15.7. The van der Waals surface area contributed by atoms with Gasteiger partial charge >= 0.3 is 10.4 Å². The van der Waals surface area contributed by atoms with E-state index >= 15 is 0 Å². The largest absolute Gasteiger partial charge is 0.397 e. The van der Waals surface area contributed by atoms with Gasteiger partial charge < -0.3 is 35.2 Å². The maximum absolute atomic E-state index is 13.1. The minimum absolute atomic E-state index is 0.259. The number of ether oxygens (including phenoxy) is 2. The fourth-order valence-electron chi connectivity index (χ4n) is 10.6. The Morgan fingerprint density at radius 3 is 1.22 bits per heavy atom. The van der Waals surface area contributed by atoms with Gasteiger partial charge in [-0.1, -0.05) is 294 Å². The van der Waals surface area contributed by atoms with Crippen LogP contribution in [-0.2, 0) is 28.9 Å². The quantitative estimate of drug-likeness (QED) is 0.0193. The van der Waals surface area contributed by atoms with E-state index in [1.165, 1.54) is 244 Å². The van der Waals surface area contributed by atoms with Crippen molar-refractivity contribution in [3.8, 4) is 0 Å². The van der Waals surface area contributed by atoms with Crippen LogP contribution < -0.4 is 5.32 Å². The SMILES string of the molecule is CCCCCCCCCCCCCC/C=C/C(O)C(COC1OC(CO)C(O)C(OS(=O)(=O)O)C1O)NC(=O)CCCCCCCCCCCCCCCCCCC/C=C\C/C=C\CCCCCCCCCCCCCCC. The van der Waals surface area contributed by atoms with E-state index in [0.29, 0.717) is 6.42 Å². The zero-order valence-electron chi connectivity index (χ0n) is 50.2. The molecule has 1 saturated heterocycles. The summed E-state index contributed by atoms with van der Waals surface area (Å²) in [5, 5.41) is 45.0. The summed E-state index contributed by atoms with van der Waals surface area (Å²) in [7, 11) is -5.09. The van der Waals surface area contributed by atoms with Gasteiger partial charge in [-0.3, -0.25) is 9.35 Å². The highest BCUT2D eigenvalue weighted by Crippen LogP contribution is 2.26. The van der Waals surface area contributed by atoms with Crippen molar-refractivity contribution >= 4 is 16.3 Å². The van der Waals surface area contributed by atoms with Crippen molar-refractivity contribution in [3.05, 3.63) is 36.5 Å². The third kappa shape index (κ3) is 45.9. The second-order valence-electron chi connectivity index (χ2n) is 23.1. The topological polar surface area (TPSA) is 192 Å². The van der Waals surface area contributed by atoms with Crippen LogP contribution in [0.3, 0.4) is 0 Å². The molecule has 12 nitrogen and oxygen atoms in total. The smallest absolute Gasteiger partial charge is 0.394 e. The Balaban J connectivity index is 2.17. The molecule has 1 amide bonds. The Hall–Kier alpha value is -1.68. The molecule has 78 heavy (non-hydrogen) atoms. The van der Waals surface area contributed by atoms with Crippen molar-refractivity contribution in [3.63, 3.8) is 0 Å². The van der Waals surface area contributed by atoms with E-state index in [4.69, 9.17) is 9.47 Å². The molecule has 0 saturated carbocycles. The summed E-state index contributed by atoms with van der Waals surface area (Å²) < 4.78 is 47.9. The number of aliphatic hydroxyl groups excluding tert-OH is 4. The van der Waals surface area contributed by atoms with Crippen LogP contribution in [0.25, 0.3) is 0 Å². The molecule has 1 fully saturated rings. The third-order valence-corrected chi connectivity index (χ3v) is 16.1. The summed E-state index contributed by atoms with van der Waals surface area (Å²) >= 11 is 0. The lowest BCUT2D eigenvalue weighted by Gasteiger charge is -2.41. The molecule has 0 spiro atoms. The first-order chi connectivity index (χ1) is 38.0. The van der Waals surface area contributed by atoms with E-state index < -0.39 is 59.9 Å². The summed E-state index contributed by atoms with van der Waals surface area (Å²) in [4.78, 5) is 13.1. The maximum Gasteiger partial charge on any atom is 0.397 e. The Bertz CT molecular complexity index is 1510. The number of aliphatic hydroxyl groups is 4. The van der Waals surface area contributed by atoms with Crippen molar-refractivity contribution in [2.45, 2.75) is 358 Å². The van der Waals surface area contributed by atoms with E-state index in [2.05, 4.69) is 47.7 Å². The monoisotopic (exact) mass is 1130 g/mol. The highest BCUT2D eigenvalue weighted by atomic mass is 32.3. The summed E-state index contributed by atoms with van der Waals surface area (Å²) in [6, 6.07) is -0.943. The number of hydrogen-bond acceptors (Lipinski definition) is 10. The molecule has 0 aromatic rings. The van der Waals surface area contributed by atoms with Crippen LogP contribution in [0, 0.1) is 0 Å². The number of rotatable bonds is 58. The minimum Gasteiger partial charge on any atom is -0.394 e. The molecule has 1 heterocycles. The average molecular weight is 1130 g/mol. The average Bonchev–Trinajstić information content (AvgIpc) is 3.45. The highest BCUT2D eigenvalue weighted by molar-refractivity contribution is 7.80. The van der Waals surface area contributed by atoms with E-state index in [1.807, 2.05) is 6.08 Å². The van der Waals surface area contributed by atoms with Crippen molar-refractivity contribution in [1.82, 2.24) is 5.32 Å². The van der Waals surface area contributed by atoms with Crippen molar-refractivity contribution in [2.24, 2.45) is 0 Å². The Morgan fingerprint density at radius 1 is 0.513 bits per heavy atom. The molecule has 7 atom stereocenters. The molecule has 0 aliphatic carbocycles. The molecule has 1 rings (SSSR count). The normalized spacial score (nSPS) is 19.0. The molecule has 0 radical (unpaired) electrons. The van der Waals surface area contributed by atoms with Gasteiger partial charge in [0.2, 0.25) is 5.91 Å². The van der Waals surface area contributed by atoms with Crippen molar-refractivity contribution in [1.29, 1.82) is 0 Å². The first-order valence-corrected chi connectivity index (χ1v) is 34.2. The van der Waals surface area contributed by atoms with Gasteiger partial charge in [0.1, 0.15) is 24.4 Å². The zero-order valence-corrected chi connectivity index (χ0v) is 51.1. The lowest BCUT2D eigenvalue weighted by molar-refractivity contribution is -0.298. The number of allylic oxidation sites excluding steroid dienone is 5. The minimum atomic E-state index is -5.09. The van der Waals surface area contributed by atoms with Crippen LogP contribution in [0.5, 0.6) is 0 Å². The van der Waals surface area contributed by atoms with Crippen LogP contribution >= 0.6 is 0 Å². The van der Waals surface area contributed by atoms with E-state index in [1.54, 1.807) is 6.08 Å². The molecule has 0 aromatic carbocycles. The molecule has 7 unspecified atom stereocenters. The lowest BCUT2D eigenvalue weighted by Crippen LogP contribution is -2.61. The zero-order chi connectivity index (χ0) is 56.8. The number of hydrogen-bond donors (Lipinski definition) is 6. The number of unbranched alkanes of at least 4 members (excludes halogenated alkanes) is 42. The van der Waals surface area contributed by atoms with Crippen LogP contribution in [0.15, 0.2) is 36.5 Å². The second-order valence-corrected chi connectivity index (χ2v) is 24.1. The Kier molecular flexibility index (Phi) is 52.0. The van der Waals surface area contributed by atoms with Gasteiger partial charge in [0.15, 0.2) is 6.29 Å². The summed E-state index contributed by atoms with van der Waals surface area (Å²) in [5.74, 6) is -0.259. The summed E-state index contributed by atoms with van der Waals surface area (Å²) in [6.07, 6.45) is 62.3. The number of carbonyl (C=O) groups is 1. The van der Waals surface area contributed by atoms with Gasteiger partial charge in [-0.15, -0.1) is 0 Å². The van der Waals surface area contributed by atoms with E-state index in [-0.39, 0.29) is 18.9 Å². The molecule has 1 aliphatic heterocycles. The van der Waals surface area contributed by atoms with Crippen LogP contribution in [0.2, 0.25) is 0 Å². The second kappa shape index (κ2) is 54.6. The fraction of sp³-hybridized carbons (Fsp3) is 0.892. The van der Waals surface area contributed by atoms with Gasteiger partial charge in [-0.2, -0.15) is 8.42 Å². The summed E-state index contributed by atoms with van der Waals surface area (Å²) in [6.45, 7) is 3.43. The van der Waals surface area contributed by atoms with E-state index in [0.717, 1.165) is 44.9 Å². The molecular formula is C65H123NO11S. The van der Waals surface area contributed by atoms with Crippen LogP contribution in [0.4, 0.5) is 0 Å². The Labute approximate surface area is 479 Å². The van der Waals surface area contributed by atoms with Gasteiger partial charge in [-0.25, -0.2) is 4.18 Å². The standard InChI is InChI=1S/C65H123NO11S/c1-3-5-7-9-11-13-15-17-19-20-21-22-23-24-25-26-27-28-29-30-31-32-33-34-35-36-37-38-39-40-41-43-45-47-49-51-53-55-61(69)66-58(57-75-65-63(71)64(77-78(72,73)74)62(70)60(56-67)76-65)59(68)54-52-50-48-46-44-42-18-16-14-12-10-8-6-4-2/h25-26,28-29,52,54,58-60,62-65,67-68,70-71H,3-24,27,30-51,53,55-57H2,1-2H3,(H,66,69)(H,72,73,74)/b26-25-,29-28-,54-52+. The van der Waals surface area contributed by atoms with Crippen molar-refractivity contribution < 1.29 is 51.8 Å². The number of amides is 1. The molecule has 0 aromatic heterocycles. The molecule has 460 valence electrons. The first-order valence-electron chi connectivity index (χ1n) is 32.9. The van der Waals surface area contributed by atoms with Gasteiger partial charge in [0, 0.05) is 6.42 Å². The fourth-order valence-corrected chi connectivity index (χ4v) is 11.1. The maximum atomic E-state index is 13.1. The highest BCUT2D eigenvalue weighted by Gasteiger charge is 2.48. The number of nitrogens with one attached hydrogen (secondary N) is 1. The molecule has 13 heteroatoms. The Morgan fingerprint density at radius 2 is 0.859 bits per heavy atom. The summed E-state index contributed by atoms with van der Waals surface area (Å²) in [5.41, 5.74) is 0. The van der Waals surface area contributed by atoms with Gasteiger partial charge in [0.05, 0.1) is 25.4 Å². The van der Waals surface area contributed by atoms with E-state index in [9.17, 15) is 38.2 Å². The van der Waals surface area contributed by atoms with Gasteiger partial charge in [0.25, 0.3) is 0 Å². The molecule has 6 N–H and O–H groups in total. The lowest BCUT2D eigenvalue weighted by atomic mass is 9.99.